The zero-order valence-corrected chi connectivity index (χ0v) is 12.1. The smallest absolute Gasteiger partial charge is 0.256 e. The highest BCUT2D eigenvalue weighted by molar-refractivity contribution is 6.14. The molecule has 2 heterocycles. The van der Waals surface area contributed by atoms with Crippen LogP contribution in [0.15, 0.2) is 60.9 Å². The third kappa shape index (κ3) is 1.89. The van der Waals surface area contributed by atoms with Crippen LogP contribution >= 0.6 is 0 Å². The summed E-state index contributed by atoms with van der Waals surface area (Å²) in [6.07, 6.45) is 3.84. The number of aryl methyl sites for hydroxylation is 1. The summed E-state index contributed by atoms with van der Waals surface area (Å²) in [5.41, 5.74) is 3.56. The molecule has 2 aromatic carbocycles. The normalized spacial score (nSPS) is 11.1. The highest BCUT2D eigenvalue weighted by Crippen LogP contribution is 2.25. The van der Waals surface area contributed by atoms with Crippen molar-refractivity contribution in [3.8, 4) is 0 Å². The third-order valence-electron chi connectivity index (χ3n) is 4.02. The first-order chi connectivity index (χ1) is 10.7. The number of fused-ring (bicyclic) bond motifs is 2. The Morgan fingerprint density at radius 2 is 1.91 bits per heavy atom. The molecule has 0 fully saturated rings. The largest absolute Gasteiger partial charge is 0.361 e. The van der Waals surface area contributed by atoms with Crippen LogP contribution in [0.25, 0.3) is 21.8 Å². The van der Waals surface area contributed by atoms with E-state index in [1.54, 1.807) is 0 Å². The van der Waals surface area contributed by atoms with Crippen molar-refractivity contribution in [1.82, 2.24) is 9.55 Å². The monoisotopic (exact) mass is 289 g/mol. The fourth-order valence-electron chi connectivity index (χ4n) is 2.88. The number of amides is 1. The Kier molecular flexibility index (Phi) is 2.76. The molecule has 0 unspecified atom stereocenters. The van der Waals surface area contributed by atoms with Crippen molar-refractivity contribution in [2.75, 3.05) is 5.32 Å². The molecule has 0 radical (unpaired) electrons. The molecule has 2 N–H and O–H groups in total. The molecule has 4 aromatic rings. The van der Waals surface area contributed by atoms with Crippen molar-refractivity contribution in [3.63, 3.8) is 0 Å². The van der Waals surface area contributed by atoms with Gasteiger partial charge in [-0.3, -0.25) is 4.79 Å². The highest BCUT2D eigenvalue weighted by Gasteiger charge is 2.13. The topological polar surface area (TPSA) is 49.8 Å². The van der Waals surface area contributed by atoms with Crippen LogP contribution < -0.4 is 5.32 Å². The summed E-state index contributed by atoms with van der Waals surface area (Å²) in [6.45, 7) is 0. The van der Waals surface area contributed by atoms with E-state index in [2.05, 4.69) is 10.3 Å². The molecular formula is C18H15N3O. The van der Waals surface area contributed by atoms with Gasteiger partial charge in [0.1, 0.15) is 0 Å². The van der Waals surface area contributed by atoms with Gasteiger partial charge in [0, 0.05) is 46.8 Å². The van der Waals surface area contributed by atoms with E-state index in [0.717, 1.165) is 27.5 Å². The third-order valence-corrected chi connectivity index (χ3v) is 4.02. The van der Waals surface area contributed by atoms with Crippen molar-refractivity contribution in [2.45, 2.75) is 0 Å². The van der Waals surface area contributed by atoms with Crippen LogP contribution in [0.5, 0.6) is 0 Å². The molecule has 0 aliphatic rings. The molecule has 0 aliphatic heterocycles. The number of nitrogens with zero attached hydrogens (tertiary/aromatic N) is 1. The Morgan fingerprint density at radius 1 is 1.05 bits per heavy atom. The fraction of sp³-hybridized carbons (Fsp3) is 0.0556. The molecule has 0 atom stereocenters. The zero-order valence-electron chi connectivity index (χ0n) is 12.1. The van der Waals surface area contributed by atoms with Gasteiger partial charge in [-0.15, -0.1) is 0 Å². The molecule has 0 saturated heterocycles. The lowest BCUT2D eigenvalue weighted by atomic mass is 10.1. The Hall–Kier alpha value is -3.01. The van der Waals surface area contributed by atoms with Crippen LogP contribution in [0.1, 0.15) is 10.4 Å². The first kappa shape index (κ1) is 12.7. The van der Waals surface area contributed by atoms with Gasteiger partial charge in [-0.25, -0.2) is 0 Å². The van der Waals surface area contributed by atoms with Gasteiger partial charge in [0.25, 0.3) is 5.91 Å². The van der Waals surface area contributed by atoms with E-state index < -0.39 is 0 Å². The van der Waals surface area contributed by atoms with Crippen LogP contribution in [0, 0.1) is 0 Å². The number of rotatable bonds is 2. The molecule has 22 heavy (non-hydrogen) atoms. The SMILES string of the molecule is Cn1ccc2c(C(=O)Nc3cccc4[nH]ccc34)cccc21. The number of aromatic amines is 1. The van der Waals surface area contributed by atoms with Crippen molar-refractivity contribution in [1.29, 1.82) is 0 Å². The Balaban J connectivity index is 1.76. The molecular weight excluding hydrogens is 274 g/mol. The minimum atomic E-state index is -0.0921. The van der Waals surface area contributed by atoms with Gasteiger partial charge < -0.3 is 14.9 Å². The number of H-pyrrole nitrogens is 1. The number of carbonyl (C=O) groups is 1. The quantitative estimate of drug-likeness (QED) is 0.577. The van der Waals surface area contributed by atoms with E-state index in [0.29, 0.717) is 5.56 Å². The summed E-state index contributed by atoms with van der Waals surface area (Å²) in [4.78, 5) is 15.8. The summed E-state index contributed by atoms with van der Waals surface area (Å²) in [6, 6.07) is 15.6. The lowest BCUT2D eigenvalue weighted by Crippen LogP contribution is -2.12. The predicted octanol–water partition coefficient (Wildman–Crippen LogP) is 3.91. The fourth-order valence-corrected chi connectivity index (χ4v) is 2.88. The van der Waals surface area contributed by atoms with Crippen molar-refractivity contribution in [2.24, 2.45) is 7.05 Å². The van der Waals surface area contributed by atoms with E-state index in [-0.39, 0.29) is 5.91 Å². The van der Waals surface area contributed by atoms with Crippen molar-refractivity contribution >= 4 is 33.4 Å². The number of benzene rings is 2. The standard InChI is InChI=1S/C18H15N3O/c1-21-11-9-12-13(4-2-7-17(12)21)18(22)20-16-6-3-5-15-14(16)8-10-19-15/h2-11,19H,1H3,(H,20,22). The van der Waals surface area contributed by atoms with E-state index in [4.69, 9.17) is 0 Å². The van der Waals surface area contributed by atoms with E-state index >= 15 is 0 Å². The summed E-state index contributed by atoms with van der Waals surface area (Å²) >= 11 is 0. The number of anilines is 1. The summed E-state index contributed by atoms with van der Waals surface area (Å²) < 4.78 is 2.01. The van der Waals surface area contributed by atoms with E-state index in [1.807, 2.05) is 72.5 Å². The van der Waals surface area contributed by atoms with E-state index in [1.165, 1.54) is 0 Å². The molecule has 4 heteroatoms. The molecule has 4 rings (SSSR count). The van der Waals surface area contributed by atoms with Crippen molar-refractivity contribution < 1.29 is 4.79 Å². The predicted molar refractivity (Wildman–Crippen MR) is 89.2 cm³/mol. The summed E-state index contributed by atoms with van der Waals surface area (Å²) in [5, 5.41) is 4.99. The van der Waals surface area contributed by atoms with Gasteiger partial charge in [0.2, 0.25) is 0 Å². The molecule has 4 nitrogen and oxygen atoms in total. The van der Waals surface area contributed by atoms with Gasteiger partial charge in [-0.05, 0) is 36.4 Å². The van der Waals surface area contributed by atoms with Crippen LogP contribution in [-0.2, 0) is 7.05 Å². The maximum Gasteiger partial charge on any atom is 0.256 e. The van der Waals surface area contributed by atoms with Crippen LogP contribution in [0.3, 0.4) is 0 Å². The van der Waals surface area contributed by atoms with Gasteiger partial charge in [-0.1, -0.05) is 12.1 Å². The maximum absolute atomic E-state index is 12.7. The average Bonchev–Trinajstić information content (AvgIpc) is 3.15. The van der Waals surface area contributed by atoms with Gasteiger partial charge in [-0.2, -0.15) is 0 Å². The van der Waals surface area contributed by atoms with E-state index in [9.17, 15) is 4.79 Å². The molecule has 0 spiro atoms. The highest BCUT2D eigenvalue weighted by atomic mass is 16.1. The first-order valence-electron chi connectivity index (χ1n) is 7.15. The van der Waals surface area contributed by atoms with Gasteiger partial charge in [0.05, 0.1) is 5.69 Å². The lowest BCUT2D eigenvalue weighted by Gasteiger charge is -2.08. The molecule has 0 aliphatic carbocycles. The van der Waals surface area contributed by atoms with Crippen molar-refractivity contribution in [3.05, 3.63) is 66.5 Å². The number of carbonyl (C=O) groups excluding carboxylic acids is 1. The number of aromatic nitrogens is 2. The molecule has 2 aromatic heterocycles. The zero-order chi connectivity index (χ0) is 15.1. The minimum Gasteiger partial charge on any atom is -0.361 e. The second kappa shape index (κ2) is 4.77. The molecule has 1 amide bonds. The number of hydrogen-bond donors (Lipinski definition) is 2. The lowest BCUT2D eigenvalue weighted by molar-refractivity contribution is 0.102. The second-order valence-electron chi connectivity index (χ2n) is 5.36. The van der Waals surface area contributed by atoms with Crippen LogP contribution in [-0.4, -0.2) is 15.5 Å². The van der Waals surface area contributed by atoms with Gasteiger partial charge >= 0.3 is 0 Å². The first-order valence-corrected chi connectivity index (χ1v) is 7.15. The molecule has 108 valence electrons. The number of nitrogens with one attached hydrogen (secondary N) is 2. The average molecular weight is 289 g/mol. The molecule has 0 bridgehead atoms. The maximum atomic E-state index is 12.7. The molecule has 0 saturated carbocycles. The van der Waals surface area contributed by atoms with Crippen LogP contribution in [0.2, 0.25) is 0 Å². The summed E-state index contributed by atoms with van der Waals surface area (Å²) in [7, 11) is 1.98. The summed E-state index contributed by atoms with van der Waals surface area (Å²) in [5.74, 6) is -0.0921. The van der Waals surface area contributed by atoms with Crippen LogP contribution in [0.4, 0.5) is 5.69 Å². The second-order valence-corrected chi connectivity index (χ2v) is 5.36. The Morgan fingerprint density at radius 3 is 2.82 bits per heavy atom. The minimum absolute atomic E-state index is 0.0921. The number of hydrogen-bond acceptors (Lipinski definition) is 1. The Bertz CT molecular complexity index is 994. The Labute approximate surface area is 127 Å². The van der Waals surface area contributed by atoms with Gasteiger partial charge in [0.15, 0.2) is 0 Å².